The van der Waals surface area contributed by atoms with E-state index in [9.17, 15) is 14.4 Å². The van der Waals surface area contributed by atoms with Gasteiger partial charge in [-0.25, -0.2) is 4.79 Å². The number of halogens is 1. The van der Waals surface area contributed by atoms with E-state index in [0.29, 0.717) is 12.6 Å². The molecule has 0 radical (unpaired) electrons. The van der Waals surface area contributed by atoms with Gasteiger partial charge in [0, 0.05) is 19.1 Å². The molecule has 2 saturated carbocycles. The van der Waals surface area contributed by atoms with E-state index in [2.05, 4.69) is 16.0 Å². The van der Waals surface area contributed by atoms with E-state index in [0.717, 1.165) is 24.3 Å². The Bertz CT molecular complexity index is 533. The Morgan fingerprint density at radius 1 is 1.12 bits per heavy atom. The van der Waals surface area contributed by atoms with Gasteiger partial charge >= 0.3 is 6.03 Å². The number of imide groups is 1. The number of urea groups is 1. The van der Waals surface area contributed by atoms with Gasteiger partial charge in [-0.3, -0.25) is 14.5 Å². The predicted molar refractivity (Wildman–Crippen MR) is 101 cm³/mol. The van der Waals surface area contributed by atoms with Crippen LogP contribution in [0, 0.1) is 5.92 Å². The lowest BCUT2D eigenvalue weighted by atomic mass is 9.96. The summed E-state index contributed by atoms with van der Waals surface area (Å²) in [5.41, 5.74) is -0.821. The number of nitrogens with one attached hydrogen (secondary N) is 3. The first-order valence-electron chi connectivity index (χ1n) is 9.65. The van der Waals surface area contributed by atoms with Crippen LogP contribution >= 0.6 is 12.4 Å². The minimum atomic E-state index is -0.821. The molecule has 7 nitrogen and oxygen atoms in total. The Labute approximate surface area is 161 Å². The molecule has 1 unspecified atom stereocenters. The fraction of sp³-hybridized carbons (Fsp3) is 0.833. The van der Waals surface area contributed by atoms with Crippen molar-refractivity contribution >= 4 is 30.3 Å². The van der Waals surface area contributed by atoms with E-state index < -0.39 is 11.6 Å². The van der Waals surface area contributed by atoms with Crippen LogP contribution in [0.15, 0.2) is 0 Å². The van der Waals surface area contributed by atoms with E-state index in [1.807, 2.05) is 0 Å². The molecule has 3 fully saturated rings. The molecule has 3 aliphatic rings. The number of rotatable bonds is 7. The van der Waals surface area contributed by atoms with Gasteiger partial charge in [0.25, 0.3) is 5.91 Å². The van der Waals surface area contributed by atoms with Crippen LogP contribution in [0.25, 0.3) is 0 Å². The highest BCUT2D eigenvalue weighted by atomic mass is 35.5. The van der Waals surface area contributed by atoms with Gasteiger partial charge in [-0.05, 0) is 38.5 Å². The Balaban J connectivity index is 0.00000243. The van der Waals surface area contributed by atoms with Gasteiger partial charge in [0.05, 0.1) is 0 Å². The van der Waals surface area contributed by atoms with Crippen molar-refractivity contribution in [1.29, 1.82) is 0 Å². The number of amides is 4. The summed E-state index contributed by atoms with van der Waals surface area (Å²) in [6.45, 7) is 2.80. The molecule has 3 rings (SSSR count). The molecule has 0 aromatic rings. The Morgan fingerprint density at radius 3 is 2.38 bits per heavy atom. The van der Waals surface area contributed by atoms with Gasteiger partial charge in [0.15, 0.2) is 0 Å². The summed E-state index contributed by atoms with van der Waals surface area (Å²) in [6.07, 6.45) is 9.50. The predicted octanol–water partition coefficient (Wildman–Crippen LogP) is 1.56. The third kappa shape index (κ3) is 4.88. The van der Waals surface area contributed by atoms with Crippen LogP contribution in [-0.4, -0.2) is 54.0 Å². The summed E-state index contributed by atoms with van der Waals surface area (Å²) in [6, 6.07) is 0.0933. The summed E-state index contributed by atoms with van der Waals surface area (Å²) in [5, 5.41) is 9.05. The smallest absolute Gasteiger partial charge is 0.325 e. The highest BCUT2D eigenvalue weighted by Crippen LogP contribution is 2.42. The zero-order chi connectivity index (χ0) is 17.9. The lowest BCUT2D eigenvalue weighted by molar-refractivity contribution is -0.135. The highest BCUT2D eigenvalue weighted by Gasteiger charge is 2.56. The molecule has 0 aromatic carbocycles. The van der Waals surface area contributed by atoms with Crippen LogP contribution in [0.3, 0.4) is 0 Å². The zero-order valence-electron chi connectivity index (χ0n) is 15.5. The van der Waals surface area contributed by atoms with Crippen LogP contribution in [0.4, 0.5) is 4.79 Å². The van der Waals surface area contributed by atoms with Crippen molar-refractivity contribution in [2.24, 2.45) is 5.92 Å². The van der Waals surface area contributed by atoms with Crippen molar-refractivity contribution in [3.8, 4) is 0 Å². The SMILES string of the molecule is CC1(C2CC2)NC(=O)N(CC(=O)NCCNC2CCCCCC2)C1=O.Cl. The van der Waals surface area contributed by atoms with Crippen molar-refractivity contribution in [1.82, 2.24) is 20.9 Å². The van der Waals surface area contributed by atoms with Crippen molar-refractivity contribution < 1.29 is 14.4 Å². The minimum absolute atomic E-state index is 0. The summed E-state index contributed by atoms with van der Waals surface area (Å²) < 4.78 is 0. The van der Waals surface area contributed by atoms with Crippen LogP contribution in [-0.2, 0) is 9.59 Å². The second-order valence-corrected chi connectivity index (χ2v) is 7.79. The standard InChI is InChI=1S/C18H30N4O3.ClH/c1-18(13-8-9-13)16(24)22(17(25)21-18)12-15(23)20-11-10-19-14-6-4-2-3-5-7-14;/h13-14,19H,2-12H2,1H3,(H,20,23)(H,21,25);1H. The maximum atomic E-state index is 12.5. The van der Waals surface area contributed by atoms with E-state index >= 15 is 0 Å². The number of hydrogen-bond donors (Lipinski definition) is 3. The first kappa shape index (κ1) is 21.0. The minimum Gasteiger partial charge on any atom is -0.353 e. The van der Waals surface area contributed by atoms with Gasteiger partial charge in [-0.15, -0.1) is 12.4 Å². The lowest BCUT2D eigenvalue weighted by Gasteiger charge is -2.21. The monoisotopic (exact) mass is 386 g/mol. The zero-order valence-corrected chi connectivity index (χ0v) is 16.3. The molecular weight excluding hydrogens is 356 g/mol. The molecule has 8 heteroatoms. The molecule has 3 N–H and O–H groups in total. The van der Waals surface area contributed by atoms with Gasteiger partial charge in [-0.1, -0.05) is 25.7 Å². The molecule has 1 saturated heterocycles. The maximum absolute atomic E-state index is 12.5. The molecule has 1 heterocycles. The number of carbonyl (C=O) groups is 3. The quantitative estimate of drug-likeness (QED) is 0.352. The average Bonchev–Trinajstić information content (AvgIpc) is 3.41. The molecule has 2 aliphatic carbocycles. The molecule has 26 heavy (non-hydrogen) atoms. The van der Waals surface area contributed by atoms with E-state index in [1.165, 1.54) is 38.5 Å². The molecule has 4 amide bonds. The van der Waals surface area contributed by atoms with Gasteiger partial charge < -0.3 is 16.0 Å². The normalized spacial score (nSPS) is 26.9. The first-order chi connectivity index (χ1) is 12.0. The average molecular weight is 387 g/mol. The fourth-order valence-electron chi connectivity index (χ4n) is 3.96. The summed E-state index contributed by atoms with van der Waals surface area (Å²) in [7, 11) is 0. The summed E-state index contributed by atoms with van der Waals surface area (Å²) >= 11 is 0. The number of carbonyl (C=O) groups excluding carboxylic acids is 3. The van der Waals surface area contributed by atoms with E-state index in [4.69, 9.17) is 0 Å². The maximum Gasteiger partial charge on any atom is 0.325 e. The fourth-order valence-corrected chi connectivity index (χ4v) is 3.96. The summed E-state index contributed by atoms with van der Waals surface area (Å²) in [5.74, 6) is -0.348. The van der Waals surface area contributed by atoms with Crippen LogP contribution in [0.5, 0.6) is 0 Å². The lowest BCUT2D eigenvalue weighted by Crippen LogP contribution is -2.47. The molecule has 0 spiro atoms. The van der Waals surface area contributed by atoms with Crippen molar-refractivity contribution in [3.05, 3.63) is 0 Å². The van der Waals surface area contributed by atoms with Crippen molar-refractivity contribution in [2.75, 3.05) is 19.6 Å². The van der Waals surface area contributed by atoms with Crippen LogP contribution in [0.1, 0.15) is 58.3 Å². The van der Waals surface area contributed by atoms with Gasteiger partial charge in [-0.2, -0.15) is 0 Å². The van der Waals surface area contributed by atoms with Crippen LogP contribution < -0.4 is 16.0 Å². The Kier molecular flexibility index (Phi) is 7.29. The molecule has 1 atom stereocenters. The molecule has 0 aromatic heterocycles. The van der Waals surface area contributed by atoms with Crippen LogP contribution in [0.2, 0.25) is 0 Å². The molecular formula is C18H31ClN4O3. The number of hydrogen-bond acceptors (Lipinski definition) is 4. The van der Waals surface area contributed by atoms with E-state index in [-0.39, 0.29) is 36.7 Å². The first-order valence-corrected chi connectivity index (χ1v) is 9.65. The molecule has 1 aliphatic heterocycles. The van der Waals surface area contributed by atoms with Crippen molar-refractivity contribution in [2.45, 2.75) is 69.9 Å². The van der Waals surface area contributed by atoms with Gasteiger partial charge in [0.2, 0.25) is 5.91 Å². The Morgan fingerprint density at radius 2 is 1.77 bits per heavy atom. The second kappa shape index (κ2) is 9.04. The third-order valence-corrected chi connectivity index (χ3v) is 5.73. The Hall–Kier alpha value is -1.34. The van der Waals surface area contributed by atoms with E-state index in [1.54, 1.807) is 6.92 Å². The molecule has 0 bridgehead atoms. The second-order valence-electron chi connectivity index (χ2n) is 7.79. The highest BCUT2D eigenvalue weighted by molar-refractivity contribution is 6.09. The topological polar surface area (TPSA) is 90.5 Å². The molecule has 148 valence electrons. The van der Waals surface area contributed by atoms with Gasteiger partial charge in [0.1, 0.15) is 12.1 Å². The summed E-state index contributed by atoms with van der Waals surface area (Å²) in [4.78, 5) is 37.6. The third-order valence-electron chi connectivity index (χ3n) is 5.73. The van der Waals surface area contributed by atoms with Crippen molar-refractivity contribution in [3.63, 3.8) is 0 Å². The largest absolute Gasteiger partial charge is 0.353 e. The number of nitrogens with zero attached hydrogens (tertiary/aromatic N) is 1.